The Morgan fingerprint density at radius 1 is 1.50 bits per heavy atom. The summed E-state index contributed by atoms with van der Waals surface area (Å²) < 4.78 is 14.8. The molecular formula is C12H17NO5. The zero-order valence-electron chi connectivity index (χ0n) is 10.5. The summed E-state index contributed by atoms with van der Waals surface area (Å²) in [5, 5.41) is 2.49. The summed E-state index contributed by atoms with van der Waals surface area (Å²) in [7, 11) is 1.38. The van der Waals surface area contributed by atoms with Crippen molar-refractivity contribution in [1.29, 1.82) is 0 Å². The first-order chi connectivity index (χ1) is 8.67. The molecule has 0 spiro atoms. The summed E-state index contributed by atoms with van der Waals surface area (Å²) in [6, 6.07) is 1.27. The fraction of sp³-hybridized carbons (Fsp3) is 0.500. The van der Waals surface area contributed by atoms with Gasteiger partial charge in [0, 0.05) is 6.07 Å². The molecule has 0 atom stereocenters. The van der Waals surface area contributed by atoms with Crippen LogP contribution in [0.3, 0.4) is 0 Å². The molecule has 0 saturated carbocycles. The van der Waals surface area contributed by atoms with E-state index in [2.05, 4.69) is 5.32 Å². The molecule has 1 N–H and O–H groups in total. The van der Waals surface area contributed by atoms with Crippen molar-refractivity contribution in [2.45, 2.75) is 26.3 Å². The van der Waals surface area contributed by atoms with Crippen LogP contribution in [0.4, 0.5) is 4.79 Å². The van der Waals surface area contributed by atoms with Crippen LogP contribution in [-0.4, -0.2) is 19.8 Å². The van der Waals surface area contributed by atoms with Gasteiger partial charge in [-0.15, -0.1) is 0 Å². The second kappa shape index (κ2) is 7.37. The number of nitrogens with one attached hydrogen (secondary N) is 1. The number of rotatable bonds is 6. The van der Waals surface area contributed by atoms with Gasteiger partial charge in [0.1, 0.15) is 12.0 Å². The van der Waals surface area contributed by atoms with E-state index in [0.29, 0.717) is 12.4 Å². The highest BCUT2D eigenvalue weighted by Gasteiger charge is 2.06. The smallest absolute Gasteiger partial charge is 0.407 e. The van der Waals surface area contributed by atoms with E-state index in [-0.39, 0.29) is 17.7 Å². The van der Waals surface area contributed by atoms with Crippen molar-refractivity contribution >= 4 is 6.09 Å². The van der Waals surface area contributed by atoms with E-state index in [9.17, 15) is 9.59 Å². The molecule has 1 amide bonds. The minimum absolute atomic E-state index is 0.101. The van der Waals surface area contributed by atoms with Gasteiger partial charge in [-0.2, -0.15) is 0 Å². The molecule has 0 aliphatic carbocycles. The third-order valence-corrected chi connectivity index (χ3v) is 2.21. The predicted molar refractivity (Wildman–Crippen MR) is 64.6 cm³/mol. The van der Waals surface area contributed by atoms with Crippen molar-refractivity contribution < 1.29 is 18.7 Å². The van der Waals surface area contributed by atoms with E-state index in [1.54, 1.807) is 0 Å². The summed E-state index contributed by atoms with van der Waals surface area (Å²) in [4.78, 5) is 22.6. The standard InChI is InChI=1S/C12H17NO5/c1-3-4-5-17-12(15)13-7-9-6-10(14)11(16-2)8-18-9/h6,8H,3-5,7H2,1-2H3,(H,13,15). The number of ether oxygens (including phenoxy) is 2. The molecule has 1 heterocycles. The maximum Gasteiger partial charge on any atom is 0.407 e. The van der Waals surface area contributed by atoms with Gasteiger partial charge in [-0.1, -0.05) is 13.3 Å². The second-order valence-electron chi connectivity index (χ2n) is 3.62. The number of methoxy groups -OCH3 is 1. The predicted octanol–water partition coefficient (Wildman–Crippen LogP) is 1.67. The van der Waals surface area contributed by atoms with Crippen LogP contribution in [0.1, 0.15) is 25.5 Å². The molecule has 0 saturated heterocycles. The topological polar surface area (TPSA) is 77.8 Å². The molecule has 0 aromatic carbocycles. The molecule has 6 heteroatoms. The van der Waals surface area contributed by atoms with E-state index in [4.69, 9.17) is 13.9 Å². The van der Waals surface area contributed by atoms with E-state index in [1.165, 1.54) is 19.4 Å². The van der Waals surface area contributed by atoms with E-state index in [0.717, 1.165) is 12.8 Å². The van der Waals surface area contributed by atoms with Crippen LogP contribution in [-0.2, 0) is 11.3 Å². The maximum absolute atomic E-state index is 11.4. The summed E-state index contributed by atoms with van der Waals surface area (Å²) in [5.74, 6) is 0.470. The average Bonchev–Trinajstić information content (AvgIpc) is 2.37. The van der Waals surface area contributed by atoms with Crippen molar-refractivity contribution in [1.82, 2.24) is 5.32 Å². The normalized spacial score (nSPS) is 9.89. The molecule has 18 heavy (non-hydrogen) atoms. The first-order valence-electron chi connectivity index (χ1n) is 5.73. The Labute approximate surface area is 105 Å². The fourth-order valence-electron chi connectivity index (χ4n) is 1.20. The Morgan fingerprint density at radius 2 is 2.28 bits per heavy atom. The minimum Gasteiger partial charge on any atom is -0.490 e. The van der Waals surface area contributed by atoms with Crippen molar-refractivity contribution in [3.05, 3.63) is 28.3 Å². The lowest BCUT2D eigenvalue weighted by Gasteiger charge is -2.06. The van der Waals surface area contributed by atoms with Crippen molar-refractivity contribution in [2.75, 3.05) is 13.7 Å². The Morgan fingerprint density at radius 3 is 2.89 bits per heavy atom. The van der Waals surface area contributed by atoms with Crippen LogP contribution in [0, 0.1) is 0 Å². The van der Waals surface area contributed by atoms with Gasteiger partial charge < -0.3 is 19.2 Å². The average molecular weight is 255 g/mol. The van der Waals surface area contributed by atoms with Crippen LogP contribution >= 0.6 is 0 Å². The molecular weight excluding hydrogens is 238 g/mol. The summed E-state index contributed by atoms with van der Waals surface area (Å²) in [6.07, 6.45) is 2.47. The summed E-state index contributed by atoms with van der Waals surface area (Å²) in [6.45, 7) is 2.49. The molecule has 0 aliphatic rings. The van der Waals surface area contributed by atoms with Gasteiger partial charge in [-0.05, 0) is 6.42 Å². The van der Waals surface area contributed by atoms with Crippen LogP contribution in [0.2, 0.25) is 0 Å². The Hall–Kier alpha value is -1.98. The third kappa shape index (κ3) is 4.48. The SMILES string of the molecule is CCCCOC(=O)NCc1cc(=O)c(OC)co1. The number of hydrogen-bond acceptors (Lipinski definition) is 5. The quantitative estimate of drug-likeness (QED) is 0.782. The lowest BCUT2D eigenvalue weighted by atomic mass is 10.3. The minimum atomic E-state index is -0.526. The first kappa shape index (κ1) is 14.1. The second-order valence-corrected chi connectivity index (χ2v) is 3.62. The van der Waals surface area contributed by atoms with Crippen molar-refractivity contribution in [3.8, 4) is 5.75 Å². The molecule has 1 aromatic heterocycles. The molecule has 0 aliphatic heterocycles. The van der Waals surface area contributed by atoms with E-state index < -0.39 is 6.09 Å². The van der Waals surface area contributed by atoms with Gasteiger partial charge in [-0.25, -0.2) is 4.79 Å². The number of carbonyl (C=O) groups excluding carboxylic acids is 1. The molecule has 100 valence electrons. The Kier molecular flexibility index (Phi) is 5.76. The molecule has 0 bridgehead atoms. The number of alkyl carbamates (subject to hydrolysis) is 1. The first-order valence-corrected chi connectivity index (χ1v) is 5.73. The van der Waals surface area contributed by atoms with E-state index in [1.807, 2.05) is 6.92 Å². The summed E-state index contributed by atoms with van der Waals surface area (Å²) >= 11 is 0. The third-order valence-electron chi connectivity index (χ3n) is 2.21. The number of carbonyl (C=O) groups is 1. The molecule has 0 unspecified atom stereocenters. The van der Waals surface area contributed by atoms with Gasteiger partial charge in [0.15, 0.2) is 0 Å². The monoisotopic (exact) mass is 255 g/mol. The zero-order chi connectivity index (χ0) is 13.4. The van der Waals surface area contributed by atoms with Gasteiger partial charge in [-0.3, -0.25) is 4.79 Å². The zero-order valence-corrected chi connectivity index (χ0v) is 10.5. The number of unbranched alkanes of at least 4 members (excludes halogenated alkanes) is 1. The van der Waals surface area contributed by atoms with Crippen LogP contribution < -0.4 is 15.5 Å². The summed E-state index contributed by atoms with van der Waals surface area (Å²) in [5.41, 5.74) is -0.292. The number of amides is 1. The fourth-order valence-corrected chi connectivity index (χ4v) is 1.20. The lowest BCUT2D eigenvalue weighted by Crippen LogP contribution is -2.24. The number of hydrogen-bond donors (Lipinski definition) is 1. The lowest BCUT2D eigenvalue weighted by molar-refractivity contribution is 0.143. The van der Waals surface area contributed by atoms with E-state index >= 15 is 0 Å². The van der Waals surface area contributed by atoms with Crippen molar-refractivity contribution in [2.24, 2.45) is 0 Å². The molecule has 0 fully saturated rings. The highest BCUT2D eigenvalue weighted by atomic mass is 16.5. The highest BCUT2D eigenvalue weighted by Crippen LogP contribution is 2.04. The van der Waals surface area contributed by atoms with Gasteiger partial charge >= 0.3 is 6.09 Å². The Bertz CT molecular complexity index is 440. The maximum atomic E-state index is 11.4. The van der Waals surface area contributed by atoms with Gasteiger partial charge in [0.25, 0.3) is 0 Å². The highest BCUT2D eigenvalue weighted by molar-refractivity contribution is 5.66. The van der Waals surface area contributed by atoms with Crippen molar-refractivity contribution in [3.63, 3.8) is 0 Å². The largest absolute Gasteiger partial charge is 0.490 e. The molecule has 1 rings (SSSR count). The van der Waals surface area contributed by atoms with Crippen LogP contribution in [0.5, 0.6) is 5.75 Å². The molecule has 6 nitrogen and oxygen atoms in total. The molecule has 1 aromatic rings. The van der Waals surface area contributed by atoms with Crippen LogP contribution in [0.15, 0.2) is 21.5 Å². The van der Waals surface area contributed by atoms with Crippen LogP contribution in [0.25, 0.3) is 0 Å². The van der Waals surface area contributed by atoms with Gasteiger partial charge in [0.05, 0.1) is 20.3 Å². The Balaban J connectivity index is 2.41. The van der Waals surface area contributed by atoms with Gasteiger partial charge in [0.2, 0.25) is 11.2 Å². The molecule has 0 radical (unpaired) electrons.